The normalized spacial score (nSPS) is 24.8. The van der Waals surface area contributed by atoms with E-state index in [-0.39, 0.29) is 12.0 Å². The zero-order valence-corrected chi connectivity index (χ0v) is 8.99. The average molecular weight is 214 g/mol. The molecule has 0 fully saturated rings. The molecule has 0 saturated carbocycles. The van der Waals surface area contributed by atoms with Gasteiger partial charge in [-0.25, -0.2) is 0 Å². The maximum Gasteiger partial charge on any atom is 0.103 e. The predicted octanol–water partition coefficient (Wildman–Crippen LogP) is 3.49. The van der Waals surface area contributed by atoms with Gasteiger partial charge in [0.05, 0.1) is 5.69 Å². The van der Waals surface area contributed by atoms with Crippen LogP contribution in [0.5, 0.6) is 0 Å². The van der Waals surface area contributed by atoms with Gasteiger partial charge in [-0.15, -0.1) is 0 Å². The van der Waals surface area contributed by atoms with Crippen molar-refractivity contribution in [3.8, 4) is 0 Å². The largest absolute Gasteiger partial charge is 0.261 e. The molecule has 2 unspecified atom stereocenters. The molecule has 0 heterocycles. The Labute approximate surface area is 94.9 Å². The van der Waals surface area contributed by atoms with Crippen LogP contribution in [-0.4, -0.2) is 12.3 Å². The number of hydrogen-bond acceptors (Lipinski definition) is 3. The Morgan fingerprint density at radius 2 is 2.06 bits per heavy atom. The number of nitroso groups, excluding NO2 is 1. The van der Waals surface area contributed by atoms with E-state index < -0.39 is 0 Å². The van der Waals surface area contributed by atoms with Gasteiger partial charge < -0.3 is 0 Å². The molecule has 1 aliphatic rings. The molecule has 0 spiro atoms. The number of allylic oxidation sites excluding steroid dienone is 1. The number of nitrogens with zero attached hydrogens (tertiary/aromatic N) is 2. The van der Waals surface area contributed by atoms with Crippen LogP contribution in [0.1, 0.15) is 12.8 Å². The van der Waals surface area contributed by atoms with E-state index in [1.807, 2.05) is 42.6 Å². The summed E-state index contributed by atoms with van der Waals surface area (Å²) < 4.78 is 0. The highest BCUT2D eigenvalue weighted by molar-refractivity contribution is 5.68. The minimum Gasteiger partial charge on any atom is -0.261 e. The second kappa shape index (κ2) is 5.35. The summed E-state index contributed by atoms with van der Waals surface area (Å²) in [6.45, 7) is 0. The van der Waals surface area contributed by atoms with Crippen LogP contribution in [0.25, 0.3) is 0 Å². The molecule has 1 aliphatic carbocycles. The van der Waals surface area contributed by atoms with Crippen LogP contribution in [0.15, 0.2) is 52.7 Å². The fourth-order valence-corrected chi connectivity index (χ4v) is 1.80. The number of aliphatic imine (C=N–C) groups is 1. The number of rotatable bonds is 3. The van der Waals surface area contributed by atoms with Gasteiger partial charge in [-0.2, -0.15) is 4.91 Å². The first-order valence-corrected chi connectivity index (χ1v) is 5.48. The standard InChI is InChI=1S/C13H14N2O/c16-15-13-9-5-4-6-11(13)10-14-12-7-2-1-3-8-12/h1-4,6-8,10-11,13H,5,9H2/b14-10+. The Kier molecular flexibility index (Phi) is 3.59. The summed E-state index contributed by atoms with van der Waals surface area (Å²) in [6.07, 6.45) is 7.68. The van der Waals surface area contributed by atoms with Crippen LogP contribution in [0.2, 0.25) is 0 Å². The summed E-state index contributed by atoms with van der Waals surface area (Å²) in [5.41, 5.74) is 0.908. The summed E-state index contributed by atoms with van der Waals surface area (Å²) in [5, 5.41) is 3.15. The van der Waals surface area contributed by atoms with E-state index in [2.05, 4.69) is 16.2 Å². The summed E-state index contributed by atoms with van der Waals surface area (Å²) in [6, 6.07) is 9.56. The van der Waals surface area contributed by atoms with Gasteiger partial charge in [0.2, 0.25) is 0 Å². The van der Waals surface area contributed by atoms with Gasteiger partial charge in [-0.1, -0.05) is 35.5 Å². The Hall–Kier alpha value is -1.77. The average Bonchev–Trinajstić information content (AvgIpc) is 2.38. The third-order valence-corrected chi connectivity index (χ3v) is 2.72. The topological polar surface area (TPSA) is 41.8 Å². The van der Waals surface area contributed by atoms with Gasteiger partial charge in [0.15, 0.2) is 0 Å². The fraction of sp³-hybridized carbons (Fsp3) is 0.308. The third kappa shape index (κ3) is 2.63. The molecule has 0 N–H and O–H groups in total. The molecule has 0 saturated heterocycles. The van der Waals surface area contributed by atoms with Crippen LogP contribution in [0, 0.1) is 10.8 Å². The van der Waals surface area contributed by atoms with E-state index in [0.29, 0.717) is 0 Å². The van der Waals surface area contributed by atoms with Gasteiger partial charge in [0.1, 0.15) is 6.04 Å². The van der Waals surface area contributed by atoms with E-state index in [9.17, 15) is 4.91 Å². The number of para-hydroxylation sites is 1. The first-order chi connectivity index (χ1) is 7.90. The van der Waals surface area contributed by atoms with Crippen molar-refractivity contribution in [3.05, 3.63) is 47.4 Å². The third-order valence-electron chi connectivity index (χ3n) is 2.72. The van der Waals surface area contributed by atoms with Crippen molar-refractivity contribution < 1.29 is 0 Å². The SMILES string of the molecule is O=NC1CCC=CC1/C=N/c1ccccc1. The molecule has 16 heavy (non-hydrogen) atoms. The Morgan fingerprint density at radius 3 is 2.81 bits per heavy atom. The zero-order chi connectivity index (χ0) is 11.2. The lowest BCUT2D eigenvalue weighted by Gasteiger charge is -2.17. The molecule has 2 rings (SSSR count). The molecule has 0 radical (unpaired) electrons. The lowest BCUT2D eigenvalue weighted by atomic mass is 9.92. The van der Waals surface area contributed by atoms with Crippen molar-refractivity contribution in [2.45, 2.75) is 18.9 Å². The minimum absolute atomic E-state index is 0.0476. The second-order valence-electron chi connectivity index (χ2n) is 3.87. The van der Waals surface area contributed by atoms with Crippen molar-refractivity contribution in [2.75, 3.05) is 0 Å². The lowest BCUT2D eigenvalue weighted by molar-refractivity contribution is 0.548. The Morgan fingerprint density at radius 1 is 1.25 bits per heavy atom. The zero-order valence-electron chi connectivity index (χ0n) is 8.99. The van der Waals surface area contributed by atoms with E-state index >= 15 is 0 Å². The van der Waals surface area contributed by atoms with E-state index in [4.69, 9.17) is 0 Å². The summed E-state index contributed by atoms with van der Waals surface area (Å²) >= 11 is 0. The van der Waals surface area contributed by atoms with E-state index in [1.54, 1.807) is 0 Å². The molecule has 3 nitrogen and oxygen atoms in total. The van der Waals surface area contributed by atoms with Gasteiger partial charge in [0, 0.05) is 12.1 Å². The van der Waals surface area contributed by atoms with Crippen molar-refractivity contribution in [1.29, 1.82) is 0 Å². The van der Waals surface area contributed by atoms with Gasteiger partial charge in [-0.05, 0) is 25.0 Å². The van der Waals surface area contributed by atoms with Crippen molar-refractivity contribution in [3.63, 3.8) is 0 Å². The number of benzene rings is 1. The summed E-state index contributed by atoms with van der Waals surface area (Å²) in [7, 11) is 0. The molecule has 3 heteroatoms. The molecule has 2 atom stereocenters. The highest BCUT2D eigenvalue weighted by Gasteiger charge is 2.20. The predicted molar refractivity (Wildman–Crippen MR) is 66.0 cm³/mol. The van der Waals surface area contributed by atoms with Gasteiger partial charge in [0.25, 0.3) is 0 Å². The van der Waals surface area contributed by atoms with Crippen molar-refractivity contribution in [2.24, 2.45) is 16.1 Å². The molecule has 1 aromatic rings. The lowest BCUT2D eigenvalue weighted by Crippen LogP contribution is -2.20. The van der Waals surface area contributed by atoms with E-state index in [1.165, 1.54) is 0 Å². The minimum atomic E-state index is -0.155. The van der Waals surface area contributed by atoms with Crippen molar-refractivity contribution >= 4 is 11.9 Å². The molecule has 82 valence electrons. The molecule has 0 bridgehead atoms. The van der Waals surface area contributed by atoms with E-state index in [0.717, 1.165) is 18.5 Å². The van der Waals surface area contributed by atoms with Crippen LogP contribution in [0.4, 0.5) is 5.69 Å². The number of hydrogen-bond donors (Lipinski definition) is 0. The van der Waals surface area contributed by atoms with Crippen LogP contribution in [-0.2, 0) is 0 Å². The summed E-state index contributed by atoms with van der Waals surface area (Å²) in [5.74, 6) is 0.0476. The molecule has 0 amide bonds. The Balaban J connectivity index is 2.08. The maximum absolute atomic E-state index is 10.6. The monoisotopic (exact) mass is 214 g/mol. The molecule has 0 aliphatic heterocycles. The molecule has 1 aromatic carbocycles. The molecule has 0 aromatic heterocycles. The molecular weight excluding hydrogens is 200 g/mol. The quantitative estimate of drug-likeness (QED) is 0.431. The van der Waals surface area contributed by atoms with Crippen LogP contribution < -0.4 is 0 Å². The highest BCUT2D eigenvalue weighted by atomic mass is 16.3. The summed E-state index contributed by atoms with van der Waals surface area (Å²) in [4.78, 5) is 15.0. The highest BCUT2D eigenvalue weighted by Crippen LogP contribution is 2.20. The van der Waals surface area contributed by atoms with Gasteiger partial charge in [-0.3, -0.25) is 4.99 Å². The Bertz CT molecular complexity index is 398. The first kappa shape index (κ1) is 10.7. The fourth-order valence-electron chi connectivity index (χ4n) is 1.80. The van der Waals surface area contributed by atoms with Gasteiger partial charge >= 0.3 is 0 Å². The van der Waals surface area contributed by atoms with Crippen LogP contribution >= 0.6 is 0 Å². The maximum atomic E-state index is 10.6. The van der Waals surface area contributed by atoms with Crippen molar-refractivity contribution in [1.82, 2.24) is 0 Å². The smallest absolute Gasteiger partial charge is 0.103 e. The molecular formula is C13H14N2O. The van der Waals surface area contributed by atoms with Crippen LogP contribution in [0.3, 0.4) is 0 Å². The first-order valence-electron chi connectivity index (χ1n) is 5.48. The second-order valence-corrected chi connectivity index (χ2v) is 3.87.